The highest BCUT2D eigenvalue weighted by molar-refractivity contribution is 7.23. The highest BCUT2D eigenvalue weighted by Crippen LogP contribution is 2.39. The van der Waals surface area contributed by atoms with Crippen LogP contribution in [-0.4, -0.2) is 18.5 Å². The minimum Gasteiger partial charge on any atom is -0.462 e. The van der Waals surface area contributed by atoms with E-state index in [-0.39, 0.29) is 21.9 Å². The van der Waals surface area contributed by atoms with E-state index >= 15 is 0 Å². The molecular weight excluding hydrogens is 319 g/mol. The molecule has 0 aliphatic rings. The molecule has 0 aliphatic heterocycles. The van der Waals surface area contributed by atoms with Crippen molar-refractivity contribution in [2.75, 3.05) is 11.9 Å². The van der Waals surface area contributed by atoms with Crippen molar-refractivity contribution < 1.29 is 27.5 Å². The van der Waals surface area contributed by atoms with Crippen LogP contribution in [0.15, 0.2) is 18.2 Å². The molecule has 0 bridgehead atoms. The third-order valence-corrected chi connectivity index (χ3v) is 3.85. The Kier molecular flexibility index (Phi) is 4.41. The molecule has 0 aliphatic carbocycles. The quantitative estimate of drug-likeness (QED) is 0.863. The second-order valence-corrected chi connectivity index (χ2v) is 5.47. The van der Waals surface area contributed by atoms with Gasteiger partial charge >= 0.3 is 12.1 Å². The predicted molar refractivity (Wildman–Crippen MR) is 77.1 cm³/mol. The van der Waals surface area contributed by atoms with Crippen LogP contribution in [0.25, 0.3) is 10.1 Å². The molecule has 1 N–H and O–H groups in total. The van der Waals surface area contributed by atoms with Gasteiger partial charge in [-0.3, -0.25) is 4.79 Å². The average molecular weight is 331 g/mol. The fraction of sp³-hybridized carbons (Fsp3) is 0.286. The number of thiophene rings is 1. The molecule has 118 valence electrons. The SMILES string of the molecule is CCOC(=O)c1c(NC(C)=O)sc2cc(C(F)(F)F)ccc12. The lowest BCUT2D eigenvalue weighted by Gasteiger charge is -2.06. The molecule has 0 saturated carbocycles. The number of halogens is 3. The molecule has 2 aromatic rings. The summed E-state index contributed by atoms with van der Waals surface area (Å²) in [5.41, 5.74) is -0.739. The summed E-state index contributed by atoms with van der Waals surface area (Å²) in [7, 11) is 0. The molecule has 0 unspecified atom stereocenters. The minimum atomic E-state index is -4.48. The summed E-state index contributed by atoms with van der Waals surface area (Å²) in [6, 6.07) is 3.07. The summed E-state index contributed by atoms with van der Waals surface area (Å²) in [5.74, 6) is -1.11. The maximum Gasteiger partial charge on any atom is 0.416 e. The molecule has 0 saturated heterocycles. The zero-order valence-electron chi connectivity index (χ0n) is 11.7. The average Bonchev–Trinajstić information content (AvgIpc) is 2.73. The third kappa shape index (κ3) is 3.22. The Morgan fingerprint density at radius 3 is 2.55 bits per heavy atom. The van der Waals surface area contributed by atoms with E-state index in [1.165, 1.54) is 13.0 Å². The Labute approximate surface area is 127 Å². The number of nitrogens with one attached hydrogen (secondary N) is 1. The summed E-state index contributed by atoms with van der Waals surface area (Å²) in [6.07, 6.45) is -4.48. The fourth-order valence-corrected chi connectivity index (χ4v) is 3.10. The number of hydrogen-bond acceptors (Lipinski definition) is 4. The molecule has 0 spiro atoms. The Morgan fingerprint density at radius 1 is 1.32 bits per heavy atom. The van der Waals surface area contributed by atoms with E-state index in [1.54, 1.807) is 6.92 Å². The maximum absolute atomic E-state index is 12.8. The van der Waals surface area contributed by atoms with E-state index in [2.05, 4.69) is 5.32 Å². The Bertz CT molecular complexity index is 737. The molecule has 4 nitrogen and oxygen atoms in total. The molecular formula is C14H12F3NO3S. The number of fused-ring (bicyclic) bond motifs is 1. The molecule has 0 atom stereocenters. The van der Waals surface area contributed by atoms with Gasteiger partial charge in [0.15, 0.2) is 0 Å². The number of esters is 1. The van der Waals surface area contributed by atoms with E-state index in [0.29, 0.717) is 5.39 Å². The topological polar surface area (TPSA) is 55.4 Å². The first kappa shape index (κ1) is 16.3. The zero-order chi connectivity index (χ0) is 16.5. The van der Waals surface area contributed by atoms with Gasteiger partial charge in [0.2, 0.25) is 5.91 Å². The molecule has 1 heterocycles. The van der Waals surface area contributed by atoms with Crippen molar-refractivity contribution in [3.63, 3.8) is 0 Å². The number of carbonyl (C=O) groups excluding carboxylic acids is 2. The number of ether oxygens (including phenoxy) is 1. The van der Waals surface area contributed by atoms with Gasteiger partial charge in [0.1, 0.15) is 10.6 Å². The van der Waals surface area contributed by atoms with Gasteiger partial charge in [-0.25, -0.2) is 4.79 Å². The van der Waals surface area contributed by atoms with Crippen LogP contribution in [0, 0.1) is 0 Å². The van der Waals surface area contributed by atoms with Crippen molar-refractivity contribution in [3.05, 3.63) is 29.3 Å². The molecule has 1 aromatic carbocycles. The second-order valence-electron chi connectivity index (χ2n) is 4.42. The monoisotopic (exact) mass is 331 g/mol. The van der Waals surface area contributed by atoms with E-state index in [4.69, 9.17) is 4.74 Å². The second kappa shape index (κ2) is 5.96. The Balaban J connectivity index is 2.63. The first-order chi connectivity index (χ1) is 10.2. The van der Waals surface area contributed by atoms with Gasteiger partial charge in [-0.2, -0.15) is 13.2 Å². The van der Waals surface area contributed by atoms with Gasteiger partial charge in [0.25, 0.3) is 0 Å². The molecule has 1 aromatic heterocycles. The standard InChI is InChI=1S/C14H12F3NO3S/c1-3-21-13(20)11-9-5-4-8(14(15,16)17)6-10(9)22-12(11)18-7(2)19/h4-6H,3H2,1-2H3,(H,18,19). The van der Waals surface area contributed by atoms with Gasteiger partial charge in [0.05, 0.1) is 12.2 Å². The van der Waals surface area contributed by atoms with Crippen molar-refractivity contribution in [3.8, 4) is 0 Å². The van der Waals surface area contributed by atoms with Gasteiger partial charge in [-0.1, -0.05) is 6.07 Å². The molecule has 8 heteroatoms. The van der Waals surface area contributed by atoms with E-state index in [1.807, 2.05) is 0 Å². The zero-order valence-corrected chi connectivity index (χ0v) is 12.5. The minimum absolute atomic E-state index is 0.0748. The number of alkyl halides is 3. The van der Waals surface area contributed by atoms with Crippen LogP contribution in [-0.2, 0) is 15.7 Å². The van der Waals surface area contributed by atoms with Crippen LogP contribution in [0.4, 0.5) is 18.2 Å². The van der Waals surface area contributed by atoms with Crippen LogP contribution in [0.2, 0.25) is 0 Å². The van der Waals surface area contributed by atoms with Crippen LogP contribution in [0.5, 0.6) is 0 Å². The van der Waals surface area contributed by atoms with Crippen LogP contribution in [0.1, 0.15) is 29.8 Å². The van der Waals surface area contributed by atoms with Gasteiger partial charge < -0.3 is 10.1 Å². The maximum atomic E-state index is 12.8. The summed E-state index contributed by atoms with van der Waals surface area (Å²) in [5, 5.41) is 2.96. The number of carbonyl (C=O) groups is 2. The van der Waals surface area contributed by atoms with E-state index in [0.717, 1.165) is 23.5 Å². The molecule has 0 radical (unpaired) electrons. The van der Waals surface area contributed by atoms with Crippen molar-refractivity contribution in [2.24, 2.45) is 0 Å². The number of hydrogen-bond donors (Lipinski definition) is 1. The number of benzene rings is 1. The van der Waals surface area contributed by atoms with E-state index in [9.17, 15) is 22.8 Å². The summed E-state index contributed by atoms with van der Waals surface area (Å²) in [6.45, 7) is 2.99. The Morgan fingerprint density at radius 2 is 2.00 bits per heavy atom. The lowest BCUT2D eigenvalue weighted by atomic mass is 10.1. The van der Waals surface area contributed by atoms with Crippen molar-refractivity contribution in [2.45, 2.75) is 20.0 Å². The van der Waals surface area contributed by atoms with Crippen molar-refractivity contribution >= 4 is 38.3 Å². The largest absolute Gasteiger partial charge is 0.462 e. The number of anilines is 1. The predicted octanol–water partition coefficient (Wildman–Crippen LogP) is 4.06. The number of rotatable bonds is 3. The van der Waals surface area contributed by atoms with Gasteiger partial charge in [-0.05, 0) is 19.1 Å². The summed E-state index contributed by atoms with van der Waals surface area (Å²) < 4.78 is 43.4. The molecule has 2 rings (SSSR count). The normalized spacial score (nSPS) is 11.5. The van der Waals surface area contributed by atoms with Crippen LogP contribution >= 0.6 is 11.3 Å². The highest BCUT2D eigenvalue weighted by atomic mass is 32.1. The lowest BCUT2D eigenvalue weighted by Crippen LogP contribution is -2.11. The van der Waals surface area contributed by atoms with Crippen molar-refractivity contribution in [1.82, 2.24) is 0 Å². The molecule has 0 fully saturated rings. The van der Waals surface area contributed by atoms with Crippen molar-refractivity contribution in [1.29, 1.82) is 0 Å². The summed E-state index contributed by atoms with van der Waals surface area (Å²) in [4.78, 5) is 23.2. The highest BCUT2D eigenvalue weighted by Gasteiger charge is 2.31. The number of amides is 1. The molecule has 1 amide bonds. The fourth-order valence-electron chi connectivity index (χ4n) is 1.93. The molecule has 22 heavy (non-hydrogen) atoms. The summed E-state index contributed by atoms with van der Waals surface area (Å²) >= 11 is 0.904. The Hall–Kier alpha value is -2.09. The smallest absolute Gasteiger partial charge is 0.416 e. The van der Waals surface area contributed by atoms with Crippen LogP contribution < -0.4 is 5.32 Å². The van der Waals surface area contributed by atoms with Gasteiger partial charge in [0, 0.05) is 17.0 Å². The first-order valence-electron chi connectivity index (χ1n) is 6.32. The van der Waals surface area contributed by atoms with Gasteiger partial charge in [-0.15, -0.1) is 11.3 Å². The van der Waals surface area contributed by atoms with Crippen LogP contribution in [0.3, 0.4) is 0 Å². The first-order valence-corrected chi connectivity index (χ1v) is 7.14. The van der Waals surface area contributed by atoms with E-state index < -0.39 is 23.6 Å². The lowest BCUT2D eigenvalue weighted by molar-refractivity contribution is -0.137. The third-order valence-electron chi connectivity index (χ3n) is 2.79.